The first-order chi connectivity index (χ1) is 9.38. The Labute approximate surface area is 125 Å². The predicted molar refractivity (Wildman–Crippen MR) is 82.5 cm³/mol. The molecule has 7 heteroatoms. The minimum Gasteiger partial charge on any atom is -0.356 e. The van der Waals surface area contributed by atoms with Gasteiger partial charge in [-0.05, 0) is 42.7 Å². The Balaban J connectivity index is 2.29. The lowest BCUT2D eigenvalue weighted by atomic mass is 10.0. The van der Waals surface area contributed by atoms with Crippen molar-refractivity contribution >= 4 is 27.3 Å². The van der Waals surface area contributed by atoms with E-state index in [0.29, 0.717) is 19.5 Å². The maximum absolute atomic E-state index is 11.9. The fourth-order valence-electron chi connectivity index (χ4n) is 1.70. The molecule has 1 amide bonds. The molecule has 0 fully saturated rings. The van der Waals surface area contributed by atoms with Gasteiger partial charge in [-0.1, -0.05) is 0 Å². The van der Waals surface area contributed by atoms with Gasteiger partial charge in [-0.2, -0.15) is 11.3 Å². The molecule has 0 saturated carbocycles. The summed E-state index contributed by atoms with van der Waals surface area (Å²) >= 11 is 1.57. The van der Waals surface area contributed by atoms with E-state index >= 15 is 0 Å². The third-order valence-electron chi connectivity index (χ3n) is 3.23. The highest BCUT2D eigenvalue weighted by Crippen LogP contribution is 2.17. The van der Waals surface area contributed by atoms with Gasteiger partial charge in [-0.15, -0.1) is 0 Å². The number of sulfonamides is 1. The van der Waals surface area contributed by atoms with Gasteiger partial charge >= 0.3 is 0 Å². The van der Waals surface area contributed by atoms with Crippen molar-refractivity contribution in [3.63, 3.8) is 0 Å². The van der Waals surface area contributed by atoms with E-state index in [4.69, 9.17) is 0 Å². The molecule has 20 heavy (non-hydrogen) atoms. The molecule has 1 heterocycles. The second-order valence-electron chi connectivity index (χ2n) is 4.65. The highest BCUT2D eigenvalue weighted by molar-refractivity contribution is 7.89. The van der Waals surface area contributed by atoms with Crippen molar-refractivity contribution in [2.75, 3.05) is 25.9 Å². The highest BCUT2D eigenvalue weighted by Gasteiger charge is 2.16. The van der Waals surface area contributed by atoms with Crippen molar-refractivity contribution in [2.24, 2.45) is 0 Å². The fraction of sp³-hybridized carbons (Fsp3) is 0.615. The minimum absolute atomic E-state index is 0.0237. The van der Waals surface area contributed by atoms with Crippen molar-refractivity contribution in [3.8, 4) is 0 Å². The van der Waals surface area contributed by atoms with Crippen LogP contribution in [0, 0.1) is 0 Å². The second-order valence-corrected chi connectivity index (χ2v) is 7.79. The summed E-state index contributed by atoms with van der Waals surface area (Å²) in [6.07, 6.45) is 0.609. The first kappa shape index (κ1) is 17.1. The number of hydrogen-bond donors (Lipinski definition) is 1. The summed E-state index contributed by atoms with van der Waals surface area (Å²) in [5, 5.41) is 6.75. The topological polar surface area (TPSA) is 66.5 Å². The molecule has 114 valence electrons. The lowest BCUT2D eigenvalue weighted by Crippen LogP contribution is -2.33. The van der Waals surface area contributed by atoms with E-state index in [-0.39, 0.29) is 17.6 Å². The molecular formula is C13H22N2O3S2. The molecule has 0 unspecified atom stereocenters. The third kappa shape index (κ3) is 4.88. The van der Waals surface area contributed by atoms with Crippen molar-refractivity contribution in [1.82, 2.24) is 9.62 Å². The molecule has 1 atom stereocenters. The van der Waals surface area contributed by atoms with Crippen LogP contribution in [0.4, 0.5) is 0 Å². The zero-order chi connectivity index (χ0) is 15.2. The Hall–Kier alpha value is -0.920. The Morgan fingerprint density at radius 3 is 2.75 bits per heavy atom. The summed E-state index contributed by atoms with van der Waals surface area (Å²) in [5.74, 6) is -0.0897. The standard InChI is InChI=1S/C13H22N2O3S2/c1-4-20(17,18)15(3)8-5-7-14-13(16)11(2)12-6-9-19-10-12/h6,9-11H,4-5,7-8H2,1-3H3,(H,14,16)/t11-/m1/s1. The van der Waals surface area contributed by atoms with Crippen LogP contribution in [-0.2, 0) is 14.8 Å². The third-order valence-corrected chi connectivity index (χ3v) is 5.79. The van der Waals surface area contributed by atoms with Crippen molar-refractivity contribution in [2.45, 2.75) is 26.2 Å². The maximum Gasteiger partial charge on any atom is 0.227 e. The lowest BCUT2D eigenvalue weighted by molar-refractivity contribution is -0.122. The van der Waals surface area contributed by atoms with E-state index in [2.05, 4.69) is 5.32 Å². The van der Waals surface area contributed by atoms with Crippen molar-refractivity contribution in [3.05, 3.63) is 22.4 Å². The van der Waals surface area contributed by atoms with E-state index in [9.17, 15) is 13.2 Å². The van der Waals surface area contributed by atoms with Crippen LogP contribution in [0.15, 0.2) is 16.8 Å². The van der Waals surface area contributed by atoms with Gasteiger partial charge in [0.1, 0.15) is 0 Å². The summed E-state index contributed by atoms with van der Waals surface area (Å²) in [7, 11) is -1.56. The second kappa shape index (κ2) is 7.75. The molecule has 1 aromatic rings. The molecule has 0 radical (unpaired) electrons. The van der Waals surface area contributed by atoms with E-state index in [1.807, 2.05) is 23.8 Å². The molecule has 1 aromatic heterocycles. The van der Waals surface area contributed by atoms with Gasteiger partial charge in [0.25, 0.3) is 0 Å². The molecule has 1 rings (SSSR count). The smallest absolute Gasteiger partial charge is 0.227 e. The van der Waals surface area contributed by atoms with Gasteiger partial charge in [0.05, 0.1) is 11.7 Å². The molecule has 0 saturated heterocycles. The van der Waals surface area contributed by atoms with Gasteiger partial charge < -0.3 is 5.32 Å². The monoisotopic (exact) mass is 318 g/mol. The maximum atomic E-state index is 11.9. The lowest BCUT2D eigenvalue weighted by Gasteiger charge is -2.16. The molecule has 1 N–H and O–H groups in total. The van der Waals surface area contributed by atoms with Crippen LogP contribution in [0.2, 0.25) is 0 Å². The van der Waals surface area contributed by atoms with Crippen molar-refractivity contribution in [1.29, 1.82) is 0 Å². The zero-order valence-electron chi connectivity index (χ0n) is 12.1. The largest absolute Gasteiger partial charge is 0.356 e. The van der Waals surface area contributed by atoms with E-state index in [0.717, 1.165) is 5.56 Å². The van der Waals surface area contributed by atoms with Gasteiger partial charge in [-0.25, -0.2) is 12.7 Å². The van der Waals surface area contributed by atoms with E-state index in [1.165, 1.54) is 4.31 Å². The fourth-order valence-corrected chi connectivity index (χ4v) is 3.30. The average molecular weight is 318 g/mol. The van der Waals surface area contributed by atoms with Crippen LogP contribution in [0.1, 0.15) is 31.7 Å². The van der Waals surface area contributed by atoms with Gasteiger partial charge in [0.15, 0.2) is 0 Å². The molecule has 0 aliphatic carbocycles. The Morgan fingerprint density at radius 1 is 1.50 bits per heavy atom. The van der Waals surface area contributed by atoms with Crippen LogP contribution in [0.3, 0.4) is 0 Å². The molecule has 0 bridgehead atoms. The SMILES string of the molecule is CCS(=O)(=O)N(C)CCCNC(=O)[C@H](C)c1ccsc1. The molecule has 0 aliphatic rings. The molecule has 0 aliphatic heterocycles. The summed E-state index contributed by atoms with van der Waals surface area (Å²) in [6.45, 7) is 4.39. The van der Waals surface area contributed by atoms with Gasteiger partial charge in [0.2, 0.25) is 15.9 Å². The number of carbonyl (C=O) groups is 1. The first-order valence-corrected chi connectivity index (χ1v) is 9.17. The van der Waals surface area contributed by atoms with Gasteiger partial charge in [0, 0.05) is 20.1 Å². The molecule has 5 nitrogen and oxygen atoms in total. The first-order valence-electron chi connectivity index (χ1n) is 6.62. The number of rotatable bonds is 8. The Bertz CT molecular complexity index is 512. The minimum atomic E-state index is -3.13. The number of nitrogens with one attached hydrogen (secondary N) is 1. The Kier molecular flexibility index (Phi) is 6.64. The number of carbonyl (C=O) groups excluding carboxylic acids is 1. The van der Waals surface area contributed by atoms with E-state index < -0.39 is 10.0 Å². The van der Waals surface area contributed by atoms with Crippen LogP contribution in [0.25, 0.3) is 0 Å². The number of amides is 1. The number of thiophene rings is 1. The van der Waals surface area contributed by atoms with Crippen LogP contribution < -0.4 is 5.32 Å². The van der Waals surface area contributed by atoms with E-state index in [1.54, 1.807) is 25.3 Å². The normalized spacial score (nSPS) is 13.4. The number of hydrogen-bond acceptors (Lipinski definition) is 4. The molecular weight excluding hydrogens is 296 g/mol. The quantitative estimate of drug-likeness (QED) is 0.741. The number of nitrogens with zero attached hydrogens (tertiary/aromatic N) is 1. The molecule has 0 spiro atoms. The average Bonchev–Trinajstić information content (AvgIpc) is 2.96. The Morgan fingerprint density at radius 2 is 2.20 bits per heavy atom. The van der Waals surface area contributed by atoms with Crippen molar-refractivity contribution < 1.29 is 13.2 Å². The predicted octanol–water partition coefficient (Wildman–Crippen LogP) is 1.64. The zero-order valence-corrected chi connectivity index (χ0v) is 13.8. The summed E-state index contributed by atoms with van der Waals surface area (Å²) in [5.41, 5.74) is 1.01. The summed E-state index contributed by atoms with van der Waals surface area (Å²) in [6, 6.07) is 1.94. The summed E-state index contributed by atoms with van der Waals surface area (Å²) < 4.78 is 24.4. The highest BCUT2D eigenvalue weighted by atomic mass is 32.2. The van der Waals surface area contributed by atoms with Crippen LogP contribution >= 0.6 is 11.3 Å². The van der Waals surface area contributed by atoms with Crippen LogP contribution in [0.5, 0.6) is 0 Å². The summed E-state index contributed by atoms with van der Waals surface area (Å²) in [4.78, 5) is 11.9. The molecule has 0 aromatic carbocycles. The van der Waals surface area contributed by atoms with Gasteiger partial charge in [-0.3, -0.25) is 4.79 Å². The van der Waals surface area contributed by atoms with Crippen LogP contribution in [-0.4, -0.2) is 44.5 Å².